The molecule has 16 heavy (non-hydrogen) atoms. The van der Waals surface area contributed by atoms with E-state index in [0.717, 1.165) is 44.4 Å². The van der Waals surface area contributed by atoms with Gasteiger partial charge in [-0.3, -0.25) is 4.99 Å². The van der Waals surface area contributed by atoms with E-state index in [4.69, 9.17) is 4.74 Å². The van der Waals surface area contributed by atoms with Crippen LogP contribution in [0.1, 0.15) is 19.8 Å². The lowest BCUT2D eigenvalue weighted by atomic mass is 10.2. The van der Waals surface area contributed by atoms with E-state index in [-0.39, 0.29) is 0 Å². The van der Waals surface area contributed by atoms with Crippen molar-refractivity contribution in [3.63, 3.8) is 0 Å². The van der Waals surface area contributed by atoms with E-state index in [1.54, 1.807) is 0 Å². The summed E-state index contributed by atoms with van der Waals surface area (Å²) in [7, 11) is 0. The second kappa shape index (κ2) is 8.70. The Bertz CT molecular complexity index is 205. The van der Waals surface area contributed by atoms with Crippen molar-refractivity contribution in [3.05, 3.63) is 0 Å². The van der Waals surface area contributed by atoms with Crippen molar-refractivity contribution in [3.8, 4) is 0 Å². The SMILES string of the molecule is CCNC(=NCC1CCCO1)NCCSC. The highest BCUT2D eigenvalue weighted by Gasteiger charge is 2.14. The van der Waals surface area contributed by atoms with E-state index in [0.29, 0.717) is 6.10 Å². The minimum atomic E-state index is 0.330. The van der Waals surface area contributed by atoms with Gasteiger partial charge in [-0.2, -0.15) is 11.8 Å². The van der Waals surface area contributed by atoms with Crippen LogP contribution in [-0.4, -0.2) is 50.3 Å². The molecule has 0 bridgehead atoms. The second-order valence-electron chi connectivity index (χ2n) is 3.77. The van der Waals surface area contributed by atoms with Crippen molar-refractivity contribution in [1.82, 2.24) is 10.6 Å². The molecule has 0 radical (unpaired) electrons. The van der Waals surface area contributed by atoms with Crippen LogP contribution in [0, 0.1) is 0 Å². The van der Waals surface area contributed by atoms with Crippen LogP contribution in [0.5, 0.6) is 0 Å². The van der Waals surface area contributed by atoms with Crippen molar-refractivity contribution in [2.45, 2.75) is 25.9 Å². The predicted octanol–water partition coefficient (Wildman–Crippen LogP) is 1.08. The molecule has 0 amide bonds. The fourth-order valence-electron chi connectivity index (χ4n) is 1.59. The minimum absolute atomic E-state index is 0.330. The van der Waals surface area contributed by atoms with Gasteiger partial charge in [0.15, 0.2) is 5.96 Å². The zero-order chi connectivity index (χ0) is 11.6. The maximum absolute atomic E-state index is 5.54. The van der Waals surface area contributed by atoms with Gasteiger partial charge < -0.3 is 15.4 Å². The van der Waals surface area contributed by atoms with E-state index in [1.807, 2.05) is 11.8 Å². The number of thioether (sulfide) groups is 1. The second-order valence-corrected chi connectivity index (χ2v) is 4.76. The molecule has 1 fully saturated rings. The van der Waals surface area contributed by atoms with Crippen LogP contribution in [0.15, 0.2) is 4.99 Å². The topological polar surface area (TPSA) is 45.7 Å². The third kappa shape index (κ3) is 5.61. The average molecular weight is 245 g/mol. The average Bonchev–Trinajstić information content (AvgIpc) is 2.79. The summed E-state index contributed by atoms with van der Waals surface area (Å²) in [5, 5.41) is 6.55. The zero-order valence-corrected chi connectivity index (χ0v) is 11.1. The molecule has 0 saturated carbocycles. The summed E-state index contributed by atoms with van der Waals surface area (Å²) in [5.74, 6) is 2.01. The van der Waals surface area contributed by atoms with Crippen LogP contribution in [-0.2, 0) is 4.74 Å². The van der Waals surface area contributed by atoms with Crippen molar-refractivity contribution < 1.29 is 4.74 Å². The number of aliphatic imine (C=N–C) groups is 1. The standard InChI is InChI=1S/C11H23N3OS/c1-3-12-11(13-6-8-16-2)14-9-10-5-4-7-15-10/h10H,3-9H2,1-2H3,(H2,12,13,14). The summed E-state index contributed by atoms with van der Waals surface area (Å²) >= 11 is 1.84. The quantitative estimate of drug-likeness (QED) is 0.418. The molecule has 94 valence electrons. The Hall–Kier alpha value is -0.420. The molecule has 0 aromatic rings. The molecule has 1 saturated heterocycles. The highest BCUT2D eigenvalue weighted by atomic mass is 32.2. The summed E-state index contributed by atoms with van der Waals surface area (Å²) in [6.07, 6.45) is 4.76. The van der Waals surface area contributed by atoms with Gasteiger partial charge in [-0.05, 0) is 26.0 Å². The normalized spacial score (nSPS) is 21.1. The molecule has 4 nitrogen and oxygen atoms in total. The first kappa shape index (κ1) is 13.6. The van der Waals surface area contributed by atoms with Crippen molar-refractivity contribution in [2.24, 2.45) is 4.99 Å². The van der Waals surface area contributed by atoms with Crippen LogP contribution >= 0.6 is 11.8 Å². The monoisotopic (exact) mass is 245 g/mol. The number of rotatable bonds is 6. The first-order valence-electron chi connectivity index (χ1n) is 5.99. The molecular formula is C11H23N3OS. The van der Waals surface area contributed by atoms with Gasteiger partial charge >= 0.3 is 0 Å². The molecule has 1 aliphatic heterocycles. The van der Waals surface area contributed by atoms with Gasteiger partial charge in [0.1, 0.15) is 0 Å². The third-order valence-corrected chi connectivity index (χ3v) is 3.03. The number of nitrogens with zero attached hydrogens (tertiary/aromatic N) is 1. The summed E-state index contributed by atoms with van der Waals surface area (Å²) in [6, 6.07) is 0. The third-order valence-electron chi connectivity index (χ3n) is 2.42. The molecule has 0 spiro atoms. The first-order valence-corrected chi connectivity index (χ1v) is 7.39. The lowest BCUT2D eigenvalue weighted by molar-refractivity contribution is 0.117. The number of hydrogen-bond donors (Lipinski definition) is 2. The molecular weight excluding hydrogens is 222 g/mol. The molecule has 1 aliphatic rings. The molecule has 1 atom stereocenters. The highest BCUT2D eigenvalue weighted by molar-refractivity contribution is 7.98. The van der Waals surface area contributed by atoms with Gasteiger partial charge in [0, 0.05) is 25.4 Å². The largest absolute Gasteiger partial charge is 0.376 e. The van der Waals surface area contributed by atoms with E-state index in [9.17, 15) is 0 Å². The smallest absolute Gasteiger partial charge is 0.191 e. The molecule has 1 heterocycles. The molecule has 0 aromatic heterocycles. The summed E-state index contributed by atoms with van der Waals surface area (Å²) in [6.45, 7) is 5.61. The lowest BCUT2D eigenvalue weighted by Crippen LogP contribution is -2.39. The van der Waals surface area contributed by atoms with Gasteiger partial charge in [0.2, 0.25) is 0 Å². The van der Waals surface area contributed by atoms with Crippen LogP contribution in [0.3, 0.4) is 0 Å². The fourth-order valence-corrected chi connectivity index (χ4v) is 1.90. The van der Waals surface area contributed by atoms with Crippen LogP contribution in [0.4, 0.5) is 0 Å². The van der Waals surface area contributed by atoms with Crippen LogP contribution in [0.2, 0.25) is 0 Å². The van der Waals surface area contributed by atoms with E-state index >= 15 is 0 Å². The Morgan fingerprint density at radius 1 is 1.50 bits per heavy atom. The number of guanidine groups is 1. The zero-order valence-electron chi connectivity index (χ0n) is 10.3. The van der Waals surface area contributed by atoms with Crippen LogP contribution < -0.4 is 10.6 Å². The Morgan fingerprint density at radius 3 is 3.00 bits per heavy atom. The maximum atomic E-state index is 5.54. The van der Waals surface area contributed by atoms with Crippen molar-refractivity contribution in [1.29, 1.82) is 0 Å². The number of hydrogen-bond acceptors (Lipinski definition) is 3. The maximum Gasteiger partial charge on any atom is 0.191 e. The molecule has 2 N–H and O–H groups in total. The Morgan fingerprint density at radius 2 is 2.38 bits per heavy atom. The number of nitrogens with one attached hydrogen (secondary N) is 2. The first-order chi connectivity index (χ1) is 7.86. The molecule has 0 aromatic carbocycles. The fraction of sp³-hybridized carbons (Fsp3) is 0.909. The minimum Gasteiger partial charge on any atom is -0.376 e. The lowest BCUT2D eigenvalue weighted by Gasteiger charge is -2.12. The Labute approximate surface area is 103 Å². The summed E-state index contributed by atoms with van der Waals surface area (Å²) < 4.78 is 5.54. The van der Waals surface area contributed by atoms with E-state index in [1.165, 1.54) is 6.42 Å². The Kier molecular flexibility index (Phi) is 7.42. The van der Waals surface area contributed by atoms with Gasteiger partial charge in [-0.25, -0.2) is 0 Å². The van der Waals surface area contributed by atoms with E-state index < -0.39 is 0 Å². The predicted molar refractivity (Wildman–Crippen MR) is 71.3 cm³/mol. The molecule has 1 rings (SSSR count). The van der Waals surface area contributed by atoms with Crippen molar-refractivity contribution in [2.75, 3.05) is 38.2 Å². The van der Waals surface area contributed by atoms with Gasteiger partial charge in [-0.1, -0.05) is 0 Å². The summed E-state index contributed by atoms with van der Waals surface area (Å²) in [5.41, 5.74) is 0. The molecule has 5 heteroatoms. The molecule has 0 aliphatic carbocycles. The summed E-state index contributed by atoms with van der Waals surface area (Å²) in [4.78, 5) is 4.53. The van der Waals surface area contributed by atoms with Gasteiger partial charge in [0.05, 0.1) is 12.6 Å². The molecule has 1 unspecified atom stereocenters. The van der Waals surface area contributed by atoms with Crippen molar-refractivity contribution >= 4 is 17.7 Å². The number of ether oxygens (including phenoxy) is 1. The van der Waals surface area contributed by atoms with Crippen LogP contribution in [0.25, 0.3) is 0 Å². The highest BCUT2D eigenvalue weighted by Crippen LogP contribution is 2.11. The van der Waals surface area contributed by atoms with Gasteiger partial charge in [-0.15, -0.1) is 0 Å². The Balaban J connectivity index is 2.25. The van der Waals surface area contributed by atoms with Gasteiger partial charge in [0.25, 0.3) is 0 Å². The van der Waals surface area contributed by atoms with E-state index in [2.05, 4.69) is 28.8 Å².